The minimum absolute atomic E-state index is 0.0524. The maximum atomic E-state index is 12.6. The number of hydrogen-bond donors (Lipinski definition) is 2. The van der Waals surface area contributed by atoms with Gasteiger partial charge in [0.2, 0.25) is 0 Å². The van der Waals surface area contributed by atoms with Gasteiger partial charge in [-0.3, -0.25) is 14.5 Å². The van der Waals surface area contributed by atoms with E-state index >= 15 is 0 Å². The van der Waals surface area contributed by atoms with Gasteiger partial charge in [-0.25, -0.2) is 13.4 Å². The van der Waals surface area contributed by atoms with Gasteiger partial charge in [0.25, 0.3) is 15.9 Å². The molecule has 4 rings (SSSR count). The molecule has 0 bridgehead atoms. The van der Waals surface area contributed by atoms with Gasteiger partial charge in [-0.05, 0) is 47.8 Å². The van der Waals surface area contributed by atoms with Crippen molar-refractivity contribution in [2.24, 2.45) is 0 Å². The monoisotopic (exact) mass is 410 g/mol. The molecule has 28 heavy (non-hydrogen) atoms. The second-order valence-corrected chi connectivity index (χ2v) is 8.44. The first-order chi connectivity index (χ1) is 13.5. The number of sulfonamides is 1. The predicted molar refractivity (Wildman–Crippen MR) is 109 cm³/mol. The molecule has 7 nitrogen and oxygen atoms in total. The molecule has 2 heterocycles. The van der Waals surface area contributed by atoms with Crippen LogP contribution in [0, 0.1) is 0 Å². The van der Waals surface area contributed by atoms with Gasteiger partial charge in [0, 0.05) is 5.69 Å². The van der Waals surface area contributed by atoms with E-state index in [0.717, 1.165) is 0 Å². The first-order valence-corrected chi connectivity index (χ1v) is 10.6. The zero-order valence-electron chi connectivity index (χ0n) is 14.4. The van der Waals surface area contributed by atoms with E-state index in [-0.39, 0.29) is 16.6 Å². The first kappa shape index (κ1) is 18.1. The number of para-hydroxylation sites is 2. The number of nitrogens with zero attached hydrogens (tertiary/aromatic N) is 2. The molecular formula is C19H14N4O3S2. The molecule has 2 aromatic carbocycles. The van der Waals surface area contributed by atoms with Crippen LogP contribution in [-0.2, 0) is 10.0 Å². The van der Waals surface area contributed by atoms with Crippen LogP contribution in [0.5, 0.6) is 0 Å². The van der Waals surface area contributed by atoms with E-state index in [0.29, 0.717) is 21.6 Å². The molecule has 0 spiro atoms. The summed E-state index contributed by atoms with van der Waals surface area (Å²) in [5.74, 6) is -0.107. The van der Waals surface area contributed by atoms with Crippen LogP contribution in [0.3, 0.4) is 0 Å². The molecule has 140 valence electrons. The van der Waals surface area contributed by atoms with E-state index in [1.54, 1.807) is 30.3 Å². The molecule has 4 aromatic rings. The number of nitrogens with one attached hydrogen (secondary N) is 2. The average Bonchev–Trinajstić information content (AvgIpc) is 3.23. The van der Waals surface area contributed by atoms with Crippen LogP contribution >= 0.6 is 11.3 Å². The third-order valence-electron chi connectivity index (χ3n) is 3.85. The molecule has 9 heteroatoms. The average molecular weight is 410 g/mol. The van der Waals surface area contributed by atoms with Gasteiger partial charge >= 0.3 is 0 Å². The Hall–Kier alpha value is -3.30. The van der Waals surface area contributed by atoms with Crippen molar-refractivity contribution in [1.29, 1.82) is 0 Å². The summed E-state index contributed by atoms with van der Waals surface area (Å²) >= 11 is 1.33. The fourth-order valence-electron chi connectivity index (χ4n) is 2.52. The maximum Gasteiger partial charge on any atom is 0.265 e. The van der Waals surface area contributed by atoms with Crippen LogP contribution in [0.4, 0.5) is 11.5 Å². The van der Waals surface area contributed by atoms with E-state index in [1.807, 2.05) is 11.4 Å². The summed E-state index contributed by atoms with van der Waals surface area (Å²) in [7, 11) is -3.83. The number of thiophene rings is 1. The zero-order valence-corrected chi connectivity index (χ0v) is 16.0. The van der Waals surface area contributed by atoms with Crippen molar-refractivity contribution in [3.05, 3.63) is 77.1 Å². The van der Waals surface area contributed by atoms with Crippen molar-refractivity contribution in [2.45, 2.75) is 4.90 Å². The van der Waals surface area contributed by atoms with Gasteiger partial charge in [0.15, 0.2) is 5.82 Å². The van der Waals surface area contributed by atoms with Crippen molar-refractivity contribution >= 4 is 49.8 Å². The quantitative estimate of drug-likeness (QED) is 0.522. The Morgan fingerprint density at radius 3 is 2.39 bits per heavy atom. The van der Waals surface area contributed by atoms with Crippen molar-refractivity contribution in [1.82, 2.24) is 9.97 Å². The molecule has 0 atom stereocenters. The van der Waals surface area contributed by atoms with E-state index < -0.39 is 10.0 Å². The van der Waals surface area contributed by atoms with Crippen molar-refractivity contribution in [3.63, 3.8) is 0 Å². The van der Waals surface area contributed by atoms with Crippen LogP contribution < -0.4 is 10.0 Å². The third kappa shape index (κ3) is 3.85. The number of carbonyl (C=O) groups is 1. The van der Waals surface area contributed by atoms with Gasteiger partial charge in [-0.15, -0.1) is 11.3 Å². The second-order valence-electron chi connectivity index (χ2n) is 5.81. The van der Waals surface area contributed by atoms with Gasteiger partial charge < -0.3 is 5.32 Å². The Bertz CT molecular complexity index is 1240. The van der Waals surface area contributed by atoms with Crippen LogP contribution in [0.15, 0.2) is 77.1 Å². The van der Waals surface area contributed by atoms with Crippen LogP contribution in [0.25, 0.3) is 11.0 Å². The van der Waals surface area contributed by atoms with Crippen LogP contribution in [-0.4, -0.2) is 24.3 Å². The van der Waals surface area contributed by atoms with E-state index in [1.165, 1.54) is 41.8 Å². The van der Waals surface area contributed by atoms with E-state index in [9.17, 15) is 13.2 Å². The van der Waals surface area contributed by atoms with E-state index in [4.69, 9.17) is 0 Å². The number of fused-ring (bicyclic) bond motifs is 1. The minimum Gasteiger partial charge on any atom is -0.321 e. The number of anilines is 2. The topological polar surface area (TPSA) is 101 Å². The Balaban J connectivity index is 1.51. The third-order valence-corrected chi connectivity index (χ3v) is 6.09. The van der Waals surface area contributed by atoms with Crippen molar-refractivity contribution in [2.75, 3.05) is 10.0 Å². The Morgan fingerprint density at radius 1 is 0.929 bits per heavy atom. The number of amides is 1. The summed E-state index contributed by atoms with van der Waals surface area (Å²) in [6.07, 6.45) is 1.37. The molecular weight excluding hydrogens is 396 g/mol. The van der Waals surface area contributed by atoms with E-state index in [2.05, 4.69) is 20.0 Å². The van der Waals surface area contributed by atoms with Crippen LogP contribution in [0.1, 0.15) is 9.67 Å². The summed E-state index contributed by atoms with van der Waals surface area (Å²) in [6.45, 7) is 0. The summed E-state index contributed by atoms with van der Waals surface area (Å²) < 4.78 is 27.6. The summed E-state index contributed by atoms with van der Waals surface area (Å²) in [5, 5.41) is 4.54. The number of carbonyl (C=O) groups excluding carboxylic acids is 1. The number of hydrogen-bond acceptors (Lipinski definition) is 6. The van der Waals surface area contributed by atoms with Crippen molar-refractivity contribution in [3.8, 4) is 0 Å². The molecule has 0 aliphatic heterocycles. The summed E-state index contributed by atoms with van der Waals surface area (Å²) in [4.78, 5) is 21.1. The van der Waals surface area contributed by atoms with Gasteiger partial charge in [-0.1, -0.05) is 18.2 Å². The molecule has 1 amide bonds. The lowest BCUT2D eigenvalue weighted by molar-refractivity contribution is 0.103. The van der Waals surface area contributed by atoms with Gasteiger partial charge in [0.1, 0.15) is 0 Å². The van der Waals surface area contributed by atoms with Crippen LogP contribution in [0.2, 0.25) is 0 Å². The zero-order chi connectivity index (χ0) is 19.6. The largest absolute Gasteiger partial charge is 0.321 e. The molecule has 0 aliphatic rings. The molecule has 0 saturated carbocycles. The highest BCUT2D eigenvalue weighted by atomic mass is 32.2. The fourth-order valence-corrected chi connectivity index (χ4v) is 4.13. The predicted octanol–water partition coefficient (Wildman–Crippen LogP) is 3.74. The SMILES string of the molecule is O=C(Nc1ccc(S(=O)(=O)Nc2cnc3ccccc3n2)cc1)c1cccs1. The molecule has 0 aliphatic carbocycles. The highest BCUT2D eigenvalue weighted by molar-refractivity contribution is 7.92. The lowest BCUT2D eigenvalue weighted by atomic mass is 10.3. The first-order valence-electron chi connectivity index (χ1n) is 8.21. The molecule has 0 saturated heterocycles. The normalized spacial score (nSPS) is 11.3. The minimum atomic E-state index is -3.83. The highest BCUT2D eigenvalue weighted by Gasteiger charge is 2.16. The smallest absolute Gasteiger partial charge is 0.265 e. The lowest BCUT2D eigenvalue weighted by Crippen LogP contribution is -2.14. The summed E-state index contributed by atoms with van der Waals surface area (Å²) in [5.41, 5.74) is 1.77. The molecule has 0 radical (unpaired) electrons. The maximum absolute atomic E-state index is 12.6. The Labute approximate surface area is 165 Å². The molecule has 0 fully saturated rings. The fraction of sp³-hybridized carbons (Fsp3) is 0. The second kappa shape index (κ2) is 7.37. The molecule has 2 aromatic heterocycles. The highest BCUT2D eigenvalue weighted by Crippen LogP contribution is 2.19. The Kier molecular flexibility index (Phi) is 4.76. The lowest BCUT2D eigenvalue weighted by Gasteiger charge is -2.09. The van der Waals surface area contributed by atoms with Crippen molar-refractivity contribution < 1.29 is 13.2 Å². The number of rotatable bonds is 5. The van der Waals surface area contributed by atoms with Gasteiger partial charge in [0.05, 0.1) is 27.0 Å². The number of benzene rings is 2. The van der Waals surface area contributed by atoms with Gasteiger partial charge in [-0.2, -0.15) is 0 Å². The summed E-state index contributed by atoms with van der Waals surface area (Å²) in [6, 6.07) is 16.6. The Morgan fingerprint density at radius 2 is 1.68 bits per heavy atom. The standard InChI is InChI=1S/C19H14N4O3S2/c24-19(17-6-3-11-27-17)21-13-7-9-14(10-8-13)28(25,26)23-18-12-20-15-4-1-2-5-16(15)22-18/h1-12H,(H,21,24)(H,22,23). The number of aromatic nitrogens is 2. The molecule has 2 N–H and O–H groups in total. The molecule has 0 unspecified atom stereocenters.